The summed E-state index contributed by atoms with van der Waals surface area (Å²) in [6.07, 6.45) is -0.562. The van der Waals surface area contributed by atoms with Crippen LogP contribution in [0.15, 0.2) is 66.7 Å². The first-order valence-corrected chi connectivity index (χ1v) is 9.93. The van der Waals surface area contributed by atoms with Crippen LogP contribution < -0.4 is 20.9 Å². The van der Waals surface area contributed by atoms with Crippen LogP contribution in [-0.4, -0.2) is 23.0 Å². The van der Waals surface area contributed by atoms with Crippen LogP contribution in [0.2, 0.25) is 0 Å². The number of amides is 2. The van der Waals surface area contributed by atoms with Crippen LogP contribution in [-0.2, 0) is 16.0 Å². The molecule has 0 heterocycles. The molecule has 0 saturated carbocycles. The van der Waals surface area contributed by atoms with Crippen molar-refractivity contribution in [2.75, 3.05) is 0 Å². The molecule has 0 spiro atoms. The van der Waals surface area contributed by atoms with E-state index in [1.807, 2.05) is 73.7 Å². The molecule has 0 aliphatic carbocycles. The number of hydrazine groups is 1. The molecule has 0 aliphatic rings. The molecule has 2 amide bonds. The number of carbonyl (C=O) groups excluding carboxylic acids is 2. The Kier molecular flexibility index (Phi) is 6.98. The van der Waals surface area contributed by atoms with Gasteiger partial charge in [0.25, 0.3) is 5.91 Å². The van der Waals surface area contributed by atoms with Crippen LogP contribution >= 0.6 is 12.2 Å². The van der Waals surface area contributed by atoms with Crippen LogP contribution in [0.3, 0.4) is 0 Å². The fraction of sp³-hybridized carbons (Fsp3) is 0.174. The predicted octanol–water partition coefficient (Wildman–Crippen LogP) is 3.18. The predicted molar refractivity (Wildman–Crippen MR) is 121 cm³/mol. The summed E-state index contributed by atoms with van der Waals surface area (Å²) >= 11 is 5.07. The van der Waals surface area contributed by atoms with Crippen molar-refractivity contribution in [3.05, 3.63) is 77.9 Å². The van der Waals surface area contributed by atoms with Crippen molar-refractivity contribution in [3.63, 3.8) is 0 Å². The maximum atomic E-state index is 12.3. The normalized spacial score (nSPS) is 11.4. The molecule has 3 rings (SSSR count). The zero-order valence-electron chi connectivity index (χ0n) is 16.8. The molecule has 3 aromatic rings. The summed E-state index contributed by atoms with van der Waals surface area (Å²) in [4.78, 5) is 24.4. The van der Waals surface area contributed by atoms with E-state index in [1.165, 1.54) is 0 Å². The topological polar surface area (TPSA) is 79.5 Å². The van der Waals surface area contributed by atoms with Crippen LogP contribution in [0.1, 0.15) is 18.1 Å². The van der Waals surface area contributed by atoms with E-state index >= 15 is 0 Å². The molecule has 1 atom stereocenters. The monoisotopic (exact) mass is 421 g/mol. The molecule has 154 valence electrons. The lowest BCUT2D eigenvalue weighted by atomic mass is 10.1. The smallest absolute Gasteiger partial charge is 0.279 e. The van der Waals surface area contributed by atoms with Gasteiger partial charge in [-0.1, -0.05) is 54.6 Å². The molecule has 0 radical (unpaired) electrons. The first kappa shape index (κ1) is 21.3. The van der Waals surface area contributed by atoms with E-state index in [0.29, 0.717) is 5.75 Å². The third-order valence-corrected chi connectivity index (χ3v) is 4.77. The van der Waals surface area contributed by atoms with Gasteiger partial charge in [0, 0.05) is 0 Å². The Bertz CT molecular complexity index is 1080. The number of nitrogens with one attached hydrogen (secondary N) is 3. The number of ether oxygens (including phenoxy) is 1. The van der Waals surface area contributed by atoms with Crippen molar-refractivity contribution in [3.8, 4) is 5.75 Å². The van der Waals surface area contributed by atoms with Gasteiger partial charge in [0.1, 0.15) is 5.75 Å². The molecule has 3 N–H and O–H groups in total. The van der Waals surface area contributed by atoms with E-state index in [1.54, 1.807) is 6.92 Å². The Balaban J connectivity index is 1.46. The standard InChI is InChI=1S/C23H23N3O3S/c1-15-7-3-4-9-18(15)14-21(27)24-23(30)26-25-22(28)16(2)29-20-12-11-17-8-5-6-10-19(17)13-20/h3-13,16H,14H2,1-2H3,(H,25,28)(H2,24,26,27,30). The van der Waals surface area contributed by atoms with Crippen molar-refractivity contribution >= 4 is 39.9 Å². The first-order valence-electron chi connectivity index (χ1n) is 9.52. The van der Waals surface area contributed by atoms with E-state index in [2.05, 4.69) is 16.2 Å². The molecular weight excluding hydrogens is 398 g/mol. The quantitative estimate of drug-likeness (QED) is 0.436. The molecule has 0 aliphatic heterocycles. The van der Waals surface area contributed by atoms with Gasteiger partial charge < -0.3 is 10.1 Å². The van der Waals surface area contributed by atoms with Crippen molar-refractivity contribution in [2.24, 2.45) is 0 Å². The fourth-order valence-electron chi connectivity index (χ4n) is 2.90. The van der Waals surface area contributed by atoms with Crippen LogP contribution in [0.4, 0.5) is 0 Å². The molecule has 0 bridgehead atoms. The summed E-state index contributed by atoms with van der Waals surface area (Å²) in [5.41, 5.74) is 6.92. The number of carbonyl (C=O) groups is 2. The minimum atomic E-state index is -0.760. The van der Waals surface area contributed by atoms with Crippen LogP contribution in [0.25, 0.3) is 10.8 Å². The van der Waals surface area contributed by atoms with E-state index in [4.69, 9.17) is 17.0 Å². The second-order valence-corrected chi connectivity index (χ2v) is 7.27. The largest absolute Gasteiger partial charge is 0.481 e. The first-order chi connectivity index (χ1) is 14.4. The second-order valence-electron chi connectivity index (χ2n) is 6.86. The van der Waals surface area contributed by atoms with Gasteiger partial charge in [-0.3, -0.25) is 20.4 Å². The Morgan fingerprint density at radius 1 is 0.967 bits per heavy atom. The molecule has 0 saturated heterocycles. The Hall–Kier alpha value is -3.45. The van der Waals surface area contributed by atoms with E-state index in [9.17, 15) is 9.59 Å². The number of fused-ring (bicyclic) bond motifs is 1. The maximum absolute atomic E-state index is 12.3. The number of benzene rings is 3. The van der Waals surface area contributed by atoms with Gasteiger partial charge in [0.2, 0.25) is 5.91 Å². The fourth-order valence-corrected chi connectivity index (χ4v) is 3.07. The highest BCUT2D eigenvalue weighted by Gasteiger charge is 2.15. The second kappa shape index (κ2) is 9.84. The molecule has 1 unspecified atom stereocenters. The van der Waals surface area contributed by atoms with Gasteiger partial charge in [-0.15, -0.1) is 0 Å². The molecule has 0 fully saturated rings. The number of hydrogen-bond acceptors (Lipinski definition) is 4. The lowest BCUT2D eigenvalue weighted by Gasteiger charge is -2.16. The molecule has 6 nitrogen and oxygen atoms in total. The third kappa shape index (κ3) is 5.78. The van der Waals surface area contributed by atoms with Crippen LogP contribution in [0.5, 0.6) is 5.75 Å². The molecule has 3 aromatic carbocycles. The molecular formula is C23H23N3O3S. The molecule has 30 heavy (non-hydrogen) atoms. The van der Waals surface area contributed by atoms with E-state index < -0.39 is 12.0 Å². The van der Waals surface area contributed by atoms with E-state index in [-0.39, 0.29) is 17.4 Å². The summed E-state index contributed by atoms with van der Waals surface area (Å²) in [6, 6.07) is 21.2. The zero-order valence-corrected chi connectivity index (χ0v) is 17.6. The van der Waals surface area contributed by atoms with Gasteiger partial charge in [0.05, 0.1) is 6.42 Å². The Labute approximate surface area is 180 Å². The summed E-state index contributed by atoms with van der Waals surface area (Å²) < 4.78 is 5.71. The average Bonchev–Trinajstić information content (AvgIpc) is 2.73. The minimum Gasteiger partial charge on any atom is -0.481 e. The minimum absolute atomic E-state index is 0.0137. The SMILES string of the molecule is Cc1ccccc1CC(=O)NC(=S)NNC(=O)C(C)Oc1ccc2ccccc2c1. The number of thiocarbonyl (C=S) groups is 1. The maximum Gasteiger partial charge on any atom is 0.279 e. The summed E-state index contributed by atoms with van der Waals surface area (Å²) in [7, 11) is 0. The number of hydrogen-bond donors (Lipinski definition) is 3. The van der Waals surface area contributed by atoms with E-state index in [0.717, 1.165) is 21.9 Å². The van der Waals surface area contributed by atoms with Gasteiger partial charge in [-0.25, -0.2) is 0 Å². The van der Waals surface area contributed by atoms with Crippen molar-refractivity contribution < 1.29 is 14.3 Å². The van der Waals surface area contributed by atoms with Crippen molar-refractivity contribution in [1.29, 1.82) is 0 Å². The van der Waals surface area contributed by atoms with Gasteiger partial charge in [-0.2, -0.15) is 0 Å². The highest BCUT2D eigenvalue weighted by atomic mass is 32.1. The summed E-state index contributed by atoms with van der Waals surface area (Å²) in [5, 5.41) is 4.68. The third-order valence-electron chi connectivity index (χ3n) is 4.57. The lowest BCUT2D eigenvalue weighted by molar-refractivity contribution is -0.128. The summed E-state index contributed by atoms with van der Waals surface area (Å²) in [5.74, 6) is -0.0966. The number of aryl methyl sites for hydroxylation is 1. The zero-order chi connectivity index (χ0) is 21.5. The molecule has 0 aromatic heterocycles. The lowest BCUT2D eigenvalue weighted by Crippen LogP contribution is -2.51. The Morgan fingerprint density at radius 2 is 1.67 bits per heavy atom. The van der Waals surface area contributed by atoms with Gasteiger partial charge in [-0.05, 0) is 60.1 Å². The molecule has 7 heteroatoms. The Morgan fingerprint density at radius 3 is 2.43 bits per heavy atom. The summed E-state index contributed by atoms with van der Waals surface area (Å²) in [6.45, 7) is 3.57. The highest BCUT2D eigenvalue weighted by molar-refractivity contribution is 7.80. The van der Waals surface area contributed by atoms with Crippen molar-refractivity contribution in [1.82, 2.24) is 16.2 Å². The highest BCUT2D eigenvalue weighted by Crippen LogP contribution is 2.21. The average molecular weight is 422 g/mol. The van der Waals surface area contributed by atoms with Crippen LogP contribution in [0, 0.1) is 6.92 Å². The van der Waals surface area contributed by atoms with Gasteiger partial charge in [0.15, 0.2) is 11.2 Å². The van der Waals surface area contributed by atoms with Crippen molar-refractivity contribution in [2.45, 2.75) is 26.4 Å². The number of rotatable bonds is 5. The van der Waals surface area contributed by atoms with Gasteiger partial charge >= 0.3 is 0 Å².